The van der Waals surface area contributed by atoms with E-state index in [4.69, 9.17) is 4.74 Å². The van der Waals surface area contributed by atoms with Crippen molar-refractivity contribution in [3.05, 3.63) is 48.0 Å². The lowest BCUT2D eigenvalue weighted by atomic mass is 10.1. The summed E-state index contributed by atoms with van der Waals surface area (Å²) >= 11 is 0. The minimum atomic E-state index is 0.561. The minimum absolute atomic E-state index is 0.561. The molecule has 0 unspecified atom stereocenters. The van der Waals surface area contributed by atoms with Crippen molar-refractivity contribution < 1.29 is 4.74 Å². The molecule has 1 N–H and O–H groups in total. The van der Waals surface area contributed by atoms with Gasteiger partial charge in [0.05, 0.1) is 11.3 Å². The molecule has 5 heteroatoms. The van der Waals surface area contributed by atoms with Gasteiger partial charge in [-0.05, 0) is 6.07 Å². The van der Waals surface area contributed by atoms with Crippen LogP contribution in [-0.2, 0) is 0 Å². The van der Waals surface area contributed by atoms with E-state index in [2.05, 4.69) is 21.3 Å². The highest BCUT2D eigenvalue weighted by Gasteiger charge is 2.11. The average Bonchev–Trinajstić information content (AvgIpc) is 2.63. The van der Waals surface area contributed by atoms with E-state index in [9.17, 15) is 5.26 Å². The van der Waals surface area contributed by atoms with Gasteiger partial charge in [-0.3, -0.25) is 4.90 Å². The second kappa shape index (κ2) is 7.73. The van der Waals surface area contributed by atoms with Crippen molar-refractivity contribution in [3.8, 4) is 23.2 Å². The fourth-order valence-electron chi connectivity index (χ4n) is 2.64. The molecular weight excluding hydrogens is 288 g/mol. The monoisotopic (exact) mass is 308 g/mol. The van der Waals surface area contributed by atoms with Gasteiger partial charge >= 0.3 is 0 Å². The Balaban J connectivity index is 1.67. The molecule has 118 valence electrons. The van der Waals surface area contributed by atoms with E-state index in [0.717, 1.165) is 38.3 Å². The SMILES string of the molecule is N#Cc1ccc(OCCN2CCNCC2)nc1-c1ccccc1. The van der Waals surface area contributed by atoms with Gasteiger partial charge in [-0.2, -0.15) is 5.26 Å². The molecule has 1 aromatic carbocycles. The molecule has 1 saturated heterocycles. The second-order valence-corrected chi connectivity index (χ2v) is 5.46. The van der Waals surface area contributed by atoms with E-state index >= 15 is 0 Å². The summed E-state index contributed by atoms with van der Waals surface area (Å²) in [5.41, 5.74) is 2.16. The van der Waals surface area contributed by atoms with Crippen LogP contribution >= 0.6 is 0 Å². The predicted octanol–water partition coefficient (Wildman–Crippen LogP) is 1.90. The molecule has 1 aliphatic heterocycles. The van der Waals surface area contributed by atoms with Crippen molar-refractivity contribution in [1.82, 2.24) is 15.2 Å². The molecule has 0 amide bonds. The van der Waals surface area contributed by atoms with Crippen LogP contribution in [0.1, 0.15) is 5.56 Å². The summed E-state index contributed by atoms with van der Waals surface area (Å²) in [7, 11) is 0. The number of pyridine rings is 1. The Labute approximate surface area is 136 Å². The lowest BCUT2D eigenvalue weighted by Gasteiger charge is -2.26. The third-order valence-corrected chi connectivity index (χ3v) is 3.90. The Hall–Kier alpha value is -2.42. The molecule has 0 bridgehead atoms. The summed E-state index contributed by atoms with van der Waals surface area (Å²) in [6.07, 6.45) is 0. The molecule has 1 aromatic heterocycles. The Morgan fingerprint density at radius 3 is 2.65 bits per heavy atom. The van der Waals surface area contributed by atoms with Gasteiger partial charge in [0.15, 0.2) is 0 Å². The van der Waals surface area contributed by atoms with Gasteiger partial charge in [0.2, 0.25) is 5.88 Å². The fourth-order valence-corrected chi connectivity index (χ4v) is 2.64. The quantitative estimate of drug-likeness (QED) is 0.914. The zero-order valence-corrected chi connectivity index (χ0v) is 13.0. The number of rotatable bonds is 5. The molecule has 1 aliphatic rings. The van der Waals surface area contributed by atoms with Crippen LogP contribution in [0.2, 0.25) is 0 Å². The topological polar surface area (TPSA) is 61.2 Å². The van der Waals surface area contributed by atoms with Crippen molar-refractivity contribution in [1.29, 1.82) is 5.26 Å². The van der Waals surface area contributed by atoms with Crippen LogP contribution in [0.5, 0.6) is 5.88 Å². The number of benzene rings is 1. The first kappa shape index (κ1) is 15.5. The number of hydrogen-bond acceptors (Lipinski definition) is 5. The Bertz CT molecular complexity index is 675. The molecule has 2 heterocycles. The molecular formula is C18H20N4O. The van der Waals surface area contributed by atoms with Gasteiger partial charge in [-0.1, -0.05) is 30.3 Å². The summed E-state index contributed by atoms with van der Waals surface area (Å²) in [6.45, 7) is 5.68. The maximum Gasteiger partial charge on any atom is 0.213 e. The lowest BCUT2D eigenvalue weighted by molar-refractivity contribution is 0.188. The standard InChI is InChI=1S/C18H20N4O/c19-14-16-6-7-17(21-18(16)15-4-2-1-3-5-15)23-13-12-22-10-8-20-9-11-22/h1-7,20H,8-13H2. The smallest absolute Gasteiger partial charge is 0.213 e. The number of nitrogens with one attached hydrogen (secondary N) is 1. The zero-order chi connectivity index (χ0) is 15.9. The van der Waals surface area contributed by atoms with Gasteiger partial charge in [0, 0.05) is 44.4 Å². The van der Waals surface area contributed by atoms with Gasteiger partial charge in [-0.15, -0.1) is 0 Å². The first-order valence-electron chi connectivity index (χ1n) is 7.89. The Kier molecular flexibility index (Phi) is 5.20. The molecule has 2 aromatic rings. The normalized spacial score (nSPS) is 15.1. The molecule has 0 atom stereocenters. The maximum absolute atomic E-state index is 9.27. The summed E-state index contributed by atoms with van der Waals surface area (Å²) in [5, 5.41) is 12.6. The van der Waals surface area contributed by atoms with Gasteiger partial charge in [0.1, 0.15) is 12.7 Å². The van der Waals surface area contributed by atoms with Crippen LogP contribution in [-0.4, -0.2) is 49.2 Å². The number of hydrogen-bond donors (Lipinski definition) is 1. The van der Waals surface area contributed by atoms with Crippen molar-refractivity contribution in [3.63, 3.8) is 0 Å². The highest BCUT2D eigenvalue weighted by atomic mass is 16.5. The van der Waals surface area contributed by atoms with Crippen molar-refractivity contribution >= 4 is 0 Å². The molecule has 0 aliphatic carbocycles. The molecule has 5 nitrogen and oxygen atoms in total. The van der Waals surface area contributed by atoms with Gasteiger partial charge in [0.25, 0.3) is 0 Å². The highest BCUT2D eigenvalue weighted by molar-refractivity contribution is 5.66. The number of piperazine rings is 1. The van der Waals surface area contributed by atoms with E-state index < -0.39 is 0 Å². The van der Waals surface area contributed by atoms with Crippen LogP contribution in [0.3, 0.4) is 0 Å². The fraction of sp³-hybridized carbons (Fsp3) is 0.333. The average molecular weight is 308 g/mol. The van der Waals surface area contributed by atoms with Crippen molar-refractivity contribution in [2.24, 2.45) is 0 Å². The van der Waals surface area contributed by atoms with Crippen LogP contribution < -0.4 is 10.1 Å². The lowest BCUT2D eigenvalue weighted by Crippen LogP contribution is -2.44. The van der Waals surface area contributed by atoms with E-state index in [1.807, 2.05) is 30.3 Å². The predicted molar refractivity (Wildman–Crippen MR) is 89.2 cm³/mol. The number of nitrogens with zero attached hydrogens (tertiary/aromatic N) is 3. The second-order valence-electron chi connectivity index (χ2n) is 5.46. The van der Waals surface area contributed by atoms with Crippen molar-refractivity contribution in [2.45, 2.75) is 0 Å². The van der Waals surface area contributed by atoms with Gasteiger partial charge < -0.3 is 10.1 Å². The number of aromatic nitrogens is 1. The molecule has 0 saturated carbocycles. The van der Waals surface area contributed by atoms with E-state index in [1.54, 1.807) is 12.1 Å². The third kappa shape index (κ3) is 4.07. The first-order valence-corrected chi connectivity index (χ1v) is 7.89. The number of nitriles is 1. The first-order chi connectivity index (χ1) is 11.4. The number of ether oxygens (including phenoxy) is 1. The van der Waals surface area contributed by atoms with Gasteiger partial charge in [-0.25, -0.2) is 4.98 Å². The zero-order valence-electron chi connectivity index (χ0n) is 13.0. The van der Waals surface area contributed by atoms with Crippen LogP contribution in [0, 0.1) is 11.3 Å². The minimum Gasteiger partial charge on any atom is -0.476 e. The molecule has 0 radical (unpaired) electrons. The highest BCUT2D eigenvalue weighted by Crippen LogP contribution is 2.23. The summed E-state index contributed by atoms with van der Waals surface area (Å²) in [5.74, 6) is 0.568. The summed E-state index contributed by atoms with van der Waals surface area (Å²) in [6, 6.07) is 15.5. The third-order valence-electron chi connectivity index (χ3n) is 3.90. The summed E-state index contributed by atoms with van der Waals surface area (Å²) in [4.78, 5) is 6.89. The van der Waals surface area contributed by atoms with E-state index in [1.165, 1.54) is 0 Å². The van der Waals surface area contributed by atoms with Crippen LogP contribution in [0.4, 0.5) is 0 Å². The molecule has 1 fully saturated rings. The molecule has 3 rings (SSSR count). The molecule has 23 heavy (non-hydrogen) atoms. The largest absolute Gasteiger partial charge is 0.476 e. The Morgan fingerprint density at radius 1 is 1.13 bits per heavy atom. The molecule has 0 spiro atoms. The maximum atomic E-state index is 9.27. The van der Waals surface area contributed by atoms with E-state index in [-0.39, 0.29) is 0 Å². The van der Waals surface area contributed by atoms with Crippen LogP contribution in [0.15, 0.2) is 42.5 Å². The Morgan fingerprint density at radius 2 is 1.91 bits per heavy atom. The van der Waals surface area contributed by atoms with E-state index in [0.29, 0.717) is 23.7 Å². The van der Waals surface area contributed by atoms with Crippen LogP contribution in [0.25, 0.3) is 11.3 Å². The summed E-state index contributed by atoms with van der Waals surface area (Å²) < 4.78 is 5.79. The van der Waals surface area contributed by atoms with Crippen molar-refractivity contribution in [2.75, 3.05) is 39.3 Å².